The van der Waals surface area contributed by atoms with E-state index < -0.39 is 5.97 Å². The van der Waals surface area contributed by atoms with Gasteiger partial charge in [0.2, 0.25) is 0 Å². The molecule has 0 amide bonds. The van der Waals surface area contributed by atoms with Gasteiger partial charge in [0.1, 0.15) is 5.65 Å². The molecule has 0 spiro atoms. The lowest BCUT2D eigenvalue weighted by Gasteiger charge is -2.01. The number of rotatable bonds is 2. The first-order valence-electron chi connectivity index (χ1n) is 6.34. The molecule has 100 valence electrons. The Hall–Kier alpha value is -2.62. The molecule has 0 saturated carbocycles. The maximum Gasteiger partial charge on any atom is 0.337 e. The molecule has 3 rings (SSSR count). The molecule has 0 aliphatic rings. The lowest BCUT2D eigenvalue weighted by Crippen LogP contribution is -1.97. The second-order valence-corrected chi connectivity index (χ2v) is 4.91. The van der Waals surface area contributed by atoms with Crippen LogP contribution < -0.4 is 0 Å². The fraction of sp³-hybridized carbons (Fsp3) is 0.125. The standard InChI is InChI=1S/C16H14N2O2/c1-10-3-4-12(7-11(10)2)14-9-18-8-13(16(19)20)5-6-15(18)17-14/h3-9H,1-2H3,(H,19,20). The molecule has 0 aliphatic carbocycles. The highest BCUT2D eigenvalue weighted by molar-refractivity contribution is 5.87. The van der Waals surface area contributed by atoms with Gasteiger partial charge in [0.05, 0.1) is 11.3 Å². The number of carboxylic acid groups (broad SMARTS) is 1. The number of aromatic carboxylic acids is 1. The zero-order chi connectivity index (χ0) is 14.3. The molecule has 0 atom stereocenters. The molecule has 1 N–H and O–H groups in total. The molecule has 4 heteroatoms. The van der Waals surface area contributed by atoms with Crippen molar-refractivity contribution in [1.29, 1.82) is 0 Å². The van der Waals surface area contributed by atoms with E-state index in [9.17, 15) is 4.79 Å². The largest absolute Gasteiger partial charge is 0.478 e. The Morgan fingerprint density at radius 1 is 1.10 bits per heavy atom. The molecule has 4 nitrogen and oxygen atoms in total. The Morgan fingerprint density at radius 2 is 1.90 bits per heavy atom. The Kier molecular flexibility index (Phi) is 2.79. The predicted molar refractivity (Wildman–Crippen MR) is 77.1 cm³/mol. The number of carboxylic acids is 1. The van der Waals surface area contributed by atoms with Crippen LogP contribution in [0.5, 0.6) is 0 Å². The van der Waals surface area contributed by atoms with Crippen LogP contribution in [0, 0.1) is 13.8 Å². The quantitative estimate of drug-likeness (QED) is 0.774. The van der Waals surface area contributed by atoms with Crippen molar-refractivity contribution in [3.8, 4) is 11.3 Å². The van der Waals surface area contributed by atoms with E-state index in [0.29, 0.717) is 0 Å². The third kappa shape index (κ3) is 2.05. The Morgan fingerprint density at radius 3 is 2.60 bits per heavy atom. The van der Waals surface area contributed by atoms with Gasteiger partial charge in [0.25, 0.3) is 0 Å². The van der Waals surface area contributed by atoms with Crippen molar-refractivity contribution in [3.05, 3.63) is 59.4 Å². The summed E-state index contributed by atoms with van der Waals surface area (Å²) in [4.78, 5) is 15.5. The van der Waals surface area contributed by atoms with Crippen LogP contribution in [0.25, 0.3) is 16.9 Å². The van der Waals surface area contributed by atoms with Gasteiger partial charge in [-0.05, 0) is 43.2 Å². The van der Waals surface area contributed by atoms with Gasteiger partial charge in [-0.2, -0.15) is 0 Å². The summed E-state index contributed by atoms with van der Waals surface area (Å²) >= 11 is 0. The van der Waals surface area contributed by atoms with Gasteiger partial charge in [-0.3, -0.25) is 0 Å². The van der Waals surface area contributed by atoms with Crippen LogP contribution in [0.2, 0.25) is 0 Å². The van der Waals surface area contributed by atoms with Crippen molar-refractivity contribution < 1.29 is 9.90 Å². The number of pyridine rings is 1. The molecule has 1 aromatic carbocycles. The van der Waals surface area contributed by atoms with E-state index in [4.69, 9.17) is 5.11 Å². The lowest BCUT2D eigenvalue weighted by molar-refractivity contribution is 0.0696. The first-order valence-corrected chi connectivity index (χ1v) is 6.34. The number of aromatic nitrogens is 2. The van der Waals surface area contributed by atoms with Crippen molar-refractivity contribution in [2.24, 2.45) is 0 Å². The molecule has 2 heterocycles. The maximum atomic E-state index is 11.0. The highest BCUT2D eigenvalue weighted by Crippen LogP contribution is 2.22. The Bertz CT molecular complexity index is 818. The first-order chi connectivity index (χ1) is 9.54. The van der Waals surface area contributed by atoms with E-state index in [2.05, 4.69) is 31.0 Å². The normalized spacial score (nSPS) is 10.9. The van der Waals surface area contributed by atoms with E-state index in [1.54, 1.807) is 22.7 Å². The number of nitrogens with zero attached hydrogens (tertiary/aromatic N) is 2. The molecule has 0 radical (unpaired) electrons. The molecule has 0 bridgehead atoms. The summed E-state index contributed by atoms with van der Waals surface area (Å²) in [6.07, 6.45) is 3.43. The van der Waals surface area contributed by atoms with Crippen LogP contribution in [0.4, 0.5) is 0 Å². The minimum Gasteiger partial charge on any atom is -0.478 e. The van der Waals surface area contributed by atoms with Gasteiger partial charge >= 0.3 is 5.97 Å². The van der Waals surface area contributed by atoms with E-state index >= 15 is 0 Å². The summed E-state index contributed by atoms with van der Waals surface area (Å²) in [5.41, 5.74) is 5.32. The number of benzene rings is 1. The van der Waals surface area contributed by atoms with Gasteiger partial charge in [-0.25, -0.2) is 9.78 Å². The zero-order valence-corrected chi connectivity index (χ0v) is 11.3. The average Bonchev–Trinajstić information content (AvgIpc) is 2.84. The third-order valence-electron chi connectivity index (χ3n) is 3.50. The van der Waals surface area contributed by atoms with Crippen molar-refractivity contribution in [1.82, 2.24) is 9.38 Å². The minimum atomic E-state index is -0.937. The molecule has 0 fully saturated rings. The molecule has 20 heavy (non-hydrogen) atoms. The van der Waals surface area contributed by atoms with E-state index in [0.717, 1.165) is 16.9 Å². The molecule has 0 saturated heterocycles. The van der Waals surface area contributed by atoms with Crippen molar-refractivity contribution >= 4 is 11.6 Å². The second-order valence-electron chi connectivity index (χ2n) is 4.91. The average molecular weight is 266 g/mol. The number of fused-ring (bicyclic) bond motifs is 1. The van der Waals surface area contributed by atoms with Gasteiger partial charge in [0, 0.05) is 18.0 Å². The fourth-order valence-electron chi connectivity index (χ4n) is 2.16. The van der Waals surface area contributed by atoms with Crippen LogP contribution in [-0.2, 0) is 0 Å². The van der Waals surface area contributed by atoms with E-state index in [1.807, 2.05) is 12.3 Å². The zero-order valence-electron chi connectivity index (χ0n) is 11.3. The van der Waals surface area contributed by atoms with Crippen molar-refractivity contribution in [2.45, 2.75) is 13.8 Å². The summed E-state index contributed by atoms with van der Waals surface area (Å²) in [7, 11) is 0. The maximum absolute atomic E-state index is 11.0. The van der Waals surface area contributed by atoms with Crippen LogP contribution in [0.15, 0.2) is 42.7 Å². The summed E-state index contributed by atoms with van der Waals surface area (Å²) in [6, 6.07) is 9.47. The Labute approximate surface area is 116 Å². The van der Waals surface area contributed by atoms with Crippen LogP contribution in [0.1, 0.15) is 21.5 Å². The topological polar surface area (TPSA) is 54.6 Å². The molecular formula is C16H14N2O2. The summed E-state index contributed by atoms with van der Waals surface area (Å²) in [5, 5.41) is 9.00. The molecule has 3 aromatic rings. The number of imidazole rings is 1. The van der Waals surface area contributed by atoms with Crippen LogP contribution in [-0.4, -0.2) is 20.5 Å². The first kappa shape index (κ1) is 12.4. The molecular weight excluding hydrogens is 252 g/mol. The van der Waals surface area contributed by atoms with E-state index in [-0.39, 0.29) is 5.56 Å². The molecule has 2 aromatic heterocycles. The van der Waals surface area contributed by atoms with Crippen LogP contribution in [0.3, 0.4) is 0 Å². The second kappa shape index (κ2) is 4.49. The number of aryl methyl sites for hydroxylation is 2. The SMILES string of the molecule is Cc1ccc(-c2cn3cc(C(=O)O)ccc3n2)cc1C. The van der Waals surface area contributed by atoms with Gasteiger partial charge in [-0.1, -0.05) is 12.1 Å². The smallest absolute Gasteiger partial charge is 0.337 e. The number of hydrogen-bond donors (Lipinski definition) is 1. The fourth-order valence-corrected chi connectivity index (χ4v) is 2.16. The monoisotopic (exact) mass is 266 g/mol. The minimum absolute atomic E-state index is 0.251. The third-order valence-corrected chi connectivity index (χ3v) is 3.50. The van der Waals surface area contributed by atoms with Crippen LogP contribution >= 0.6 is 0 Å². The highest BCUT2D eigenvalue weighted by atomic mass is 16.4. The van der Waals surface area contributed by atoms with Crippen molar-refractivity contribution in [2.75, 3.05) is 0 Å². The van der Waals surface area contributed by atoms with E-state index in [1.165, 1.54) is 11.1 Å². The highest BCUT2D eigenvalue weighted by Gasteiger charge is 2.08. The van der Waals surface area contributed by atoms with Gasteiger partial charge in [-0.15, -0.1) is 0 Å². The number of hydrogen-bond acceptors (Lipinski definition) is 2. The summed E-state index contributed by atoms with van der Waals surface area (Å²) < 4.78 is 1.74. The lowest BCUT2D eigenvalue weighted by atomic mass is 10.1. The number of carbonyl (C=O) groups is 1. The van der Waals surface area contributed by atoms with Gasteiger partial charge in [0.15, 0.2) is 0 Å². The molecule has 0 unspecified atom stereocenters. The van der Waals surface area contributed by atoms with Gasteiger partial charge < -0.3 is 9.51 Å². The molecule has 0 aliphatic heterocycles. The predicted octanol–water partition coefficient (Wildman–Crippen LogP) is 3.32. The van der Waals surface area contributed by atoms with Crippen molar-refractivity contribution in [3.63, 3.8) is 0 Å². The Balaban J connectivity index is 2.12. The summed E-state index contributed by atoms with van der Waals surface area (Å²) in [5.74, 6) is -0.937. The summed E-state index contributed by atoms with van der Waals surface area (Å²) in [6.45, 7) is 4.14.